The second-order valence-corrected chi connectivity index (χ2v) is 10.3. The van der Waals surface area contributed by atoms with Crippen LogP contribution >= 0.6 is 47.8 Å². The fourth-order valence-electron chi connectivity index (χ4n) is 3.65. The highest BCUT2D eigenvalue weighted by atomic mass is 79.9. The lowest BCUT2D eigenvalue weighted by Gasteiger charge is -2.27. The third-order valence-corrected chi connectivity index (χ3v) is 8.08. The first-order valence-electron chi connectivity index (χ1n) is 11.2. The lowest BCUT2D eigenvalue weighted by Crippen LogP contribution is -2.43. The zero-order chi connectivity index (χ0) is 25.8. The summed E-state index contributed by atoms with van der Waals surface area (Å²) in [7, 11) is 0. The molecule has 9 nitrogen and oxygen atoms in total. The lowest BCUT2D eigenvalue weighted by molar-refractivity contribution is -0.137. The standard InChI is InChI=1S/C24H23Br3N4O5/c1-3-35-19-10-15(12-28-31-14(2)29-18-5-4-16(25)11-17(18)24(31)33)21(26)22(27)23(19)36-13-20(32)30-6-8-34-9-7-30/h4-5,10-12H,3,6-9,13H2,1-2H3. The van der Waals surface area contributed by atoms with Crippen LogP contribution in [-0.4, -0.2) is 66.2 Å². The summed E-state index contributed by atoms with van der Waals surface area (Å²) in [6, 6.07) is 7.08. The number of benzene rings is 2. The van der Waals surface area contributed by atoms with E-state index in [1.165, 1.54) is 4.68 Å². The molecule has 0 spiro atoms. The van der Waals surface area contributed by atoms with Crippen molar-refractivity contribution in [2.75, 3.05) is 39.5 Å². The van der Waals surface area contributed by atoms with E-state index in [1.54, 1.807) is 36.2 Å². The second kappa shape index (κ2) is 11.8. The maximum Gasteiger partial charge on any atom is 0.282 e. The van der Waals surface area contributed by atoms with E-state index in [9.17, 15) is 9.59 Å². The number of ether oxygens (including phenoxy) is 3. The molecule has 190 valence electrons. The summed E-state index contributed by atoms with van der Waals surface area (Å²) in [6.07, 6.45) is 1.54. The Morgan fingerprint density at radius 2 is 1.92 bits per heavy atom. The number of carbonyl (C=O) groups excluding carboxylic acids is 1. The number of rotatable bonds is 7. The molecule has 3 aromatic rings. The van der Waals surface area contributed by atoms with Crippen LogP contribution in [0.4, 0.5) is 0 Å². The van der Waals surface area contributed by atoms with Gasteiger partial charge in [-0.15, -0.1) is 0 Å². The Balaban J connectivity index is 1.64. The van der Waals surface area contributed by atoms with E-state index in [1.807, 2.05) is 13.0 Å². The average Bonchev–Trinajstić information content (AvgIpc) is 2.87. The Morgan fingerprint density at radius 3 is 2.64 bits per heavy atom. The number of halogens is 3. The van der Waals surface area contributed by atoms with Crippen molar-refractivity contribution >= 4 is 70.8 Å². The van der Waals surface area contributed by atoms with Gasteiger partial charge in [0.15, 0.2) is 18.1 Å². The summed E-state index contributed by atoms with van der Waals surface area (Å²) < 4.78 is 20.2. The molecule has 0 saturated carbocycles. The van der Waals surface area contributed by atoms with Crippen molar-refractivity contribution in [3.05, 3.63) is 59.4 Å². The van der Waals surface area contributed by atoms with Crippen molar-refractivity contribution in [3.8, 4) is 11.5 Å². The van der Waals surface area contributed by atoms with Crippen LogP contribution in [0.3, 0.4) is 0 Å². The molecule has 2 heterocycles. The number of morpholine rings is 1. The van der Waals surface area contributed by atoms with Crippen molar-refractivity contribution in [2.24, 2.45) is 5.10 Å². The molecule has 12 heteroatoms. The van der Waals surface area contributed by atoms with Crippen LogP contribution in [0.2, 0.25) is 0 Å². The monoisotopic (exact) mass is 684 g/mol. The van der Waals surface area contributed by atoms with Crippen molar-refractivity contribution in [2.45, 2.75) is 13.8 Å². The molecule has 2 aromatic carbocycles. The molecule has 0 N–H and O–H groups in total. The zero-order valence-corrected chi connectivity index (χ0v) is 24.4. The molecular formula is C24H23Br3N4O5. The maximum atomic E-state index is 13.1. The molecule has 36 heavy (non-hydrogen) atoms. The molecule has 0 radical (unpaired) electrons. The molecule has 0 bridgehead atoms. The van der Waals surface area contributed by atoms with Gasteiger partial charge in [-0.1, -0.05) is 15.9 Å². The molecular weight excluding hydrogens is 664 g/mol. The lowest BCUT2D eigenvalue weighted by atomic mass is 10.2. The van der Waals surface area contributed by atoms with Gasteiger partial charge in [0.05, 0.1) is 41.4 Å². The number of amides is 1. The predicted molar refractivity (Wildman–Crippen MR) is 147 cm³/mol. The summed E-state index contributed by atoms with van der Waals surface area (Å²) >= 11 is 10.5. The van der Waals surface area contributed by atoms with E-state index in [4.69, 9.17) is 14.2 Å². The van der Waals surface area contributed by atoms with Crippen LogP contribution in [0.5, 0.6) is 11.5 Å². The number of fused-ring (bicyclic) bond motifs is 1. The van der Waals surface area contributed by atoms with Crippen LogP contribution < -0.4 is 15.0 Å². The molecule has 4 rings (SSSR count). The van der Waals surface area contributed by atoms with Gasteiger partial charge >= 0.3 is 0 Å². The van der Waals surface area contributed by atoms with Gasteiger partial charge in [0.2, 0.25) is 0 Å². The number of carbonyl (C=O) groups is 1. The van der Waals surface area contributed by atoms with E-state index >= 15 is 0 Å². The van der Waals surface area contributed by atoms with E-state index < -0.39 is 0 Å². The van der Waals surface area contributed by atoms with Gasteiger partial charge in [0.25, 0.3) is 11.5 Å². The van der Waals surface area contributed by atoms with Crippen LogP contribution in [-0.2, 0) is 9.53 Å². The van der Waals surface area contributed by atoms with Gasteiger partial charge in [-0.05, 0) is 70.0 Å². The van der Waals surface area contributed by atoms with Crippen molar-refractivity contribution in [1.29, 1.82) is 0 Å². The molecule has 1 fully saturated rings. The first-order valence-corrected chi connectivity index (χ1v) is 13.5. The van der Waals surface area contributed by atoms with Crippen molar-refractivity contribution < 1.29 is 19.0 Å². The topological polar surface area (TPSA) is 95.2 Å². The summed E-state index contributed by atoms with van der Waals surface area (Å²) in [5, 5.41) is 4.86. The van der Waals surface area contributed by atoms with E-state index in [0.29, 0.717) is 75.6 Å². The largest absolute Gasteiger partial charge is 0.490 e. The number of nitrogens with zero attached hydrogens (tertiary/aromatic N) is 4. The van der Waals surface area contributed by atoms with Crippen molar-refractivity contribution in [1.82, 2.24) is 14.6 Å². The Hall–Kier alpha value is -2.28. The average molecular weight is 687 g/mol. The Bertz CT molecular complexity index is 1390. The van der Waals surface area contributed by atoms with Gasteiger partial charge in [-0.25, -0.2) is 4.98 Å². The molecule has 1 amide bonds. The van der Waals surface area contributed by atoms with Gasteiger partial charge in [0, 0.05) is 27.6 Å². The van der Waals surface area contributed by atoms with Gasteiger partial charge in [-0.3, -0.25) is 9.59 Å². The van der Waals surface area contributed by atoms with Crippen LogP contribution in [0.15, 0.2) is 47.6 Å². The number of hydrogen-bond acceptors (Lipinski definition) is 7. The molecule has 0 unspecified atom stereocenters. The predicted octanol–water partition coefficient (Wildman–Crippen LogP) is 4.51. The number of aromatic nitrogens is 2. The first-order chi connectivity index (χ1) is 17.3. The smallest absolute Gasteiger partial charge is 0.282 e. The summed E-state index contributed by atoms with van der Waals surface area (Å²) in [5.74, 6) is 1.16. The minimum absolute atomic E-state index is 0.125. The fraction of sp³-hybridized carbons (Fsp3) is 0.333. The Labute approximate surface area is 232 Å². The molecule has 1 aliphatic rings. The van der Waals surface area contributed by atoms with Crippen molar-refractivity contribution in [3.63, 3.8) is 0 Å². The van der Waals surface area contributed by atoms with Gasteiger partial charge < -0.3 is 19.1 Å². The molecule has 1 saturated heterocycles. The Kier molecular flexibility index (Phi) is 8.81. The Morgan fingerprint density at radius 1 is 1.17 bits per heavy atom. The van der Waals surface area contributed by atoms with Gasteiger partial charge in [0.1, 0.15) is 5.82 Å². The third kappa shape index (κ3) is 5.82. The molecule has 1 aliphatic heterocycles. The minimum Gasteiger partial charge on any atom is -0.490 e. The molecule has 0 atom stereocenters. The van der Waals surface area contributed by atoms with Crippen LogP contribution in [0, 0.1) is 6.92 Å². The summed E-state index contributed by atoms with van der Waals surface area (Å²) in [6.45, 7) is 5.96. The quantitative estimate of drug-likeness (QED) is 0.340. The highest BCUT2D eigenvalue weighted by Gasteiger charge is 2.21. The van der Waals surface area contributed by atoms with E-state index in [-0.39, 0.29) is 18.1 Å². The normalized spacial score (nSPS) is 14.0. The van der Waals surface area contributed by atoms with Crippen LogP contribution in [0.1, 0.15) is 18.3 Å². The molecule has 0 aliphatic carbocycles. The highest BCUT2D eigenvalue weighted by molar-refractivity contribution is 9.13. The highest BCUT2D eigenvalue weighted by Crippen LogP contribution is 2.42. The summed E-state index contributed by atoms with van der Waals surface area (Å²) in [4.78, 5) is 31.8. The van der Waals surface area contributed by atoms with E-state index in [2.05, 4.69) is 57.9 Å². The number of aryl methyl sites for hydroxylation is 1. The maximum absolute atomic E-state index is 13.1. The SMILES string of the molecule is CCOc1cc(C=Nn2c(C)nc3ccc(Br)cc3c2=O)c(Br)c(Br)c1OCC(=O)N1CCOCC1. The zero-order valence-electron chi connectivity index (χ0n) is 19.6. The first kappa shape index (κ1) is 26.8. The van der Waals surface area contributed by atoms with E-state index in [0.717, 1.165) is 4.47 Å². The number of hydrogen-bond donors (Lipinski definition) is 0. The minimum atomic E-state index is -0.281. The second-order valence-electron chi connectivity index (χ2n) is 7.82. The summed E-state index contributed by atoms with van der Waals surface area (Å²) in [5.41, 5.74) is 0.956. The fourth-order valence-corrected chi connectivity index (χ4v) is 4.95. The molecule has 1 aromatic heterocycles. The third-order valence-electron chi connectivity index (χ3n) is 5.44. The van der Waals surface area contributed by atoms with Gasteiger partial charge in [-0.2, -0.15) is 9.78 Å². The van der Waals surface area contributed by atoms with Crippen LogP contribution in [0.25, 0.3) is 10.9 Å².